The van der Waals surface area contributed by atoms with E-state index in [4.69, 9.17) is 16.9 Å². The van der Waals surface area contributed by atoms with E-state index in [1.54, 1.807) is 0 Å². The van der Waals surface area contributed by atoms with E-state index in [1.165, 1.54) is 0 Å². The van der Waals surface area contributed by atoms with Crippen LogP contribution < -0.4 is 21.9 Å². The summed E-state index contributed by atoms with van der Waals surface area (Å²) in [5.74, 6) is 0.456. The minimum Gasteiger partial charge on any atom is -0.425 e. The van der Waals surface area contributed by atoms with Gasteiger partial charge in [0.25, 0.3) is 0 Å². The van der Waals surface area contributed by atoms with Gasteiger partial charge in [0.15, 0.2) is 17.5 Å². The molecule has 0 radical (unpaired) electrons. The van der Waals surface area contributed by atoms with Crippen molar-refractivity contribution in [2.45, 2.75) is 12.8 Å². The number of anilines is 3. The Labute approximate surface area is 86.4 Å². The largest absolute Gasteiger partial charge is 0.425 e. The van der Waals surface area contributed by atoms with Crippen LogP contribution in [0.25, 0.3) is 0 Å². The van der Waals surface area contributed by atoms with Crippen LogP contribution in [0, 0.1) is 5.41 Å². The first-order valence-corrected chi connectivity index (χ1v) is 4.78. The first-order valence-electron chi connectivity index (χ1n) is 4.78. The lowest BCUT2D eigenvalue weighted by Gasteiger charge is -2.20. The maximum absolute atomic E-state index is 9.71. The fraction of sp³-hybridized carbons (Fsp3) is 0.500. The third-order valence-corrected chi connectivity index (χ3v) is 2.53. The molecule has 1 aliphatic rings. The fourth-order valence-corrected chi connectivity index (χ4v) is 1.78. The Hall–Kier alpha value is -1.92. The van der Waals surface area contributed by atoms with Crippen LogP contribution in [0.15, 0.2) is 0 Å². The highest BCUT2D eigenvalue weighted by molar-refractivity contribution is 5.60. The lowest BCUT2D eigenvalue weighted by Crippen LogP contribution is -2.32. The van der Waals surface area contributed by atoms with E-state index < -0.39 is 0 Å². The molecule has 15 heavy (non-hydrogen) atoms. The smallest absolute Gasteiger partial charge is 0.205 e. The minimum atomic E-state index is -0.230. The van der Waals surface area contributed by atoms with Crippen molar-refractivity contribution in [2.75, 3.05) is 29.5 Å². The van der Waals surface area contributed by atoms with Crippen LogP contribution >= 0.6 is 0 Å². The van der Waals surface area contributed by atoms with Crippen LogP contribution in [0.5, 0.6) is 0 Å². The number of nitrogens with zero attached hydrogens (tertiary/aromatic N) is 3. The first-order chi connectivity index (χ1) is 7.11. The lowest BCUT2D eigenvalue weighted by molar-refractivity contribution is 0.174. The highest BCUT2D eigenvalue weighted by Gasteiger charge is 2.20. The van der Waals surface area contributed by atoms with Crippen LogP contribution in [0.2, 0.25) is 0 Å². The zero-order valence-corrected chi connectivity index (χ0v) is 8.27. The summed E-state index contributed by atoms with van der Waals surface area (Å²) in [7, 11) is 0. The van der Waals surface area contributed by atoms with Gasteiger partial charge in [0.05, 0.1) is 0 Å². The summed E-state index contributed by atoms with van der Waals surface area (Å²) < 4.78 is 0.697. The van der Waals surface area contributed by atoms with E-state index in [0.717, 1.165) is 25.9 Å². The number of nitrogens with one attached hydrogen (secondary N) is 1. The summed E-state index contributed by atoms with van der Waals surface area (Å²) in [6.07, 6.45) is 2.11. The van der Waals surface area contributed by atoms with Gasteiger partial charge in [0.2, 0.25) is 5.49 Å². The second-order valence-electron chi connectivity index (χ2n) is 3.56. The van der Waals surface area contributed by atoms with Crippen LogP contribution in [-0.4, -0.2) is 28.0 Å². The maximum Gasteiger partial charge on any atom is 0.205 e. The van der Waals surface area contributed by atoms with Gasteiger partial charge in [-0.15, -0.1) is 4.73 Å². The van der Waals surface area contributed by atoms with Gasteiger partial charge in [-0.05, 0) is 12.8 Å². The predicted octanol–water partition coefficient (Wildman–Crippen LogP) is -0.636. The van der Waals surface area contributed by atoms with Crippen molar-refractivity contribution in [3.63, 3.8) is 0 Å². The van der Waals surface area contributed by atoms with Crippen LogP contribution in [0.4, 0.5) is 17.5 Å². The van der Waals surface area contributed by atoms with Crippen molar-refractivity contribution in [1.29, 1.82) is 5.41 Å². The molecule has 0 aliphatic carbocycles. The molecule has 1 aromatic heterocycles. The Morgan fingerprint density at radius 3 is 2.40 bits per heavy atom. The molecule has 1 fully saturated rings. The molecule has 0 unspecified atom stereocenters. The summed E-state index contributed by atoms with van der Waals surface area (Å²) in [4.78, 5) is 5.73. The van der Waals surface area contributed by atoms with Gasteiger partial charge in [-0.3, -0.25) is 5.41 Å². The quantitative estimate of drug-likeness (QED) is 0.460. The second kappa shape index (κ2) is 3.34. The lowest BCUT2D eigenvalue weighted by atomic mass is 10.4. The molecule has 2 heterocycles. The number of nitrogens with two attached hydrogens (primary N) is 2. The van der Waals surface area contributed by atoms with E-state index in [9.17, 15) is 5.21 Å². The number of hydrogen-bond acceptors (Lipinski definition) is 6. The molecular weight excluding hydrogens is 196 g/mol. The SMILES string of the molecule is N=c1c(N)nc(N)c(N2CCCC2)n1O. The van der Waals surface area contributed by atoms with Gasteiger partial charge in [0.1, 0.15) is 0 Å². The van der Waals surface area contributed by atoms with Crippen molar-refractivity contribution >= 4 is 17.5 Å². The van der Waals surface area contributed by atoms with E-state index in [1.807, 2.05) is 4.90 Å². The second-order valence-corrected chi connectivity index (χ2v) is 3.56. The third-order valence-electron chi connectivity index (χ3n) is 2.53. The summed E-state index contributed by atoms with van der Waals surface area (Å²) >= 11 is 0. The topological polar surface area (TPSA) is 117 Å². The molecule has 6 N–H and O–H groups in total. The summed E-state index contributed by atoms with van der Waals surface area (Å²) in [5.41, 5.74) is 10.9. The fourth-order valence-electron chi connectivity index (χ4n) is 1.78. The molecule has 1 aromatic rings. The third kappa shape index (κ3) is 1.45. The normalized spacial score (nSPS) is 15.9. The summed E-state index contributed by atoms with van der Waals surface area (Å²) in [6.45, 7) is 1.63. The highest BCUT2D eigenvalue weighted by atomic mass is 16.5. The van der Waals surface area contributed by atoms with Crippen molar-refractivity contribution < 1.29 is 5.21 Å². The Kier molecular flexibility index (Phi) is 2.14. The Morgan fingerprint density at radius 2 is 1.80 bits per heavy atom. The average Bonchev–Trinajstić information content (AvgIpc) is 2.68. The van der Waals surface area contributed by atoms with Crippen molar-refractivity contribution in [3.05, 3.63) is 5.49 Å². The molecule has 7 nitrogen and oxygen atoms in total. The Morgan fingerprint density at radius 1 is 1.20 bits per heavy atom. The molecule has 1 aliphatic heterocycles. The standard InChI is InChI=1S/C8H14N6O/c9-5-7(11)14(15)8(6(10)12-5)13-3-1-2-4-13/h11,15H,1-4,10H2,(H2,9,12). The highest BCUT2D eigenvalue weighted by Crippen LogP contribution is 2.23. The number of aromatic nitrogens is 2. The van der Waals surface area contributed by atoms with Crippen molar-refractivity contribution in [1.82, 2.24) is 9.71 Å². The van der Waals surface area contributed by atoms with Crippen molar-refractivity contribution in [2.24, 2.45) is 0 Å². The molecular formula is C8H14N6O. The number of nitrogen functional groups attached to an aromatic ring is 2. The number of rotatable bonds is 1. The predicted molar refractivity (Wildman–Crippen MR) is 55.5 cm³/mol. The zero-order valence-electron chi connectivity index (χ0n) is 8.27. The molecule has 82 valence electrons. The van der Waals surface area contributed by atoms with E-state index >= 15 is 0 Å². The molecule has 0 atom stereocenters. The molecule has 0 amide bonds. The molecule has 0 spiro atoms. The van der Waals surface area contributed by atoms with E-state index in [-0.39, 0.29) is 17.1 Å². The van der Waals surface area contributed by atoms with Gasteiger partial charge in [0, 0.05) is 13.1 Å². The van der Waals surface area contributed by atoms with Crippen LogP contribution in [-0.2, 0) is 0 Å². The Balaban J connectivity index is 2.55. The van der Waals surface area contributed by atoms with Gasteiger partial charge in [-0.25, -0.2) is 4.98 Å². The van der Waals surface area contributed by atoms with E-state index in [2.05, 4.69) is 4.98 Å². The zero-order chi connectivity index (χ0) is 11.0. The van der Waals surface area contributed by atoms with Gasteiger partial charge in [-0.1, -0.05) is 0 Å². The first kappa shape index (κ1) is 9.63. The van der Waals surface area contributed by atoms with Crippen LogP contribution in [0.3, 0.4) is 0 Å². The minimum absolute atomic E-state index is 0.0713. The molecule has 0 aromatic carbocycles. The molecule has 0 saturated carbocycles. The van der Waals surface area contributed by atoms with E-state index in [0.29, 0.717) is 10.5 Å². The van der Waals surface area contributed by atoms with Crippen molar-refractivity contribution in [3.8, 4) is 0 Å². The molecule has 7 heteroatoms. The molecule has 2 rings (SSSR count). The number of hydrogen-bond donors (Lipinski definition) is 4. The maximum atomic E-state index is 9.71. The van der Waals surface area contributed by atoms with Crippen LogP contribution in [0.1, 0.15) is 12.8 Å². The molecule has 0 bridgehead atoms. The van der Waals surface area contributed by atoms with Gasteiger partial charge < -0.3 is 21.6 Å². The summed E-state index contributed by atoms with van der Waals surface area (Å²) in [6, 6.07) is 0. The average molecular weight is 210 g/mol. The monoisotopic (exact) mass is 210 g/mol. The Bertz CT molecular complexity index is 433. The van der Waals surface area contributed by atoms with Gasteiger partial charge >= 0.3 is 0 Å². The summed E-state index contributed by atoms with van der Waals surface area (Å²) in [5, 5.41) is 17.2. The van der Waals surface area contributed by atoms with Gasteiger partial charge in [-0.2, -0.15) is 0 Å². The molecule has 1 saturated heterocycles.